The number of amides is 2. The first-order valence-electron chi connectivity index (χ1n) is 6.90. The Labute approximate surface area is 142 Å². The lowest BCUT2D eigenvalue weighted by molar-refractivity contribution is -0.114. The van der Waals surface area contributed by atoms with E-state index in [1.807, 2.05) is 0 Å². The number of thiazole rings is 1. The number of carbonyl (C=O) groups excluding carboxylic acids is 2. The number of carbonyl (C=O) groups is 2. The minimum Gasteiger partial charge on any atom is -0.348 e. The molecule has 0 unspecified atom stereocenters. The third-order valence-corrected chi connectivity index (χ3v) is 5.56. The molecule has 0 saturated carbocycles. The van der Waals surface area contributed by atoms with E-state index in [4.69, 9.17) is 5.14 Å². The summed E-state index contributed by atoms with van der Waals surface area (Å²) >= 11 is 1.22. The van der Waals surface area contributed by atoms with Gasteiger partial charge in [-0.25, -0.2) is 18.5 Å². The second kappa shape index (κ2) is 5.65. The molecule has 0 atom stereocenters. The van der Waals surface area contributed by atoms with E-state index >= 15 is 0 Å². The summed E-state index contributed by atoms with van der Waals surface area (Å²) in [5.41, 5.74) is 1.88. The highest BCUT2D eigenvalue weighted by molar-refractivity contribution is 7.89. The highest BCUT2D eigenvalue weighted by atomic mass is 32.2. The predicted octanol–water partition coefficient (Wildman–Crippen LogP) is 0.968. The molecule has 2 heterocycles. The first-order valence-corrected chi connectivity index (χ1v) is 9.26. The number of hydrogen-bond acceptors (Lipinski definition) is 6. The van der Waals surface area contributed by atoms with Crippen LogP contribution < -0.4 is 15.8 Å². The number of nitrogens with zero attached hydrogens (tertiary/aromatic N) is 1. The molecule has 0 fully saturated rings. The van der Waals surface area contributed by atoms with Crippen molar-refractivity contribution in [2.45, 2.75) is 25.3 Å². The molecule has 0 bridgehead atoms. The minimum atomic E-state index is -4.06. The van der Waals surface area contributed by atoms with Crippen LogP contribution in [-0.2, 0) is 21.4 Å². The van der Waals surface area contributed by atoms with Gasteiger partial charge in [-0.15, -0.1) is 0 Å². The lowest BCUT2D eigenvalue weighted by atomic mass is 10.0. The van der Waals surface area contributed by atoms with Gasteiger partial charge in [0.05, 0.1) is 21.0 Å². The number of anilines is 1. The molecule has 1 aromatic carbocycles. The van der Waals surface area contributed by atoms with E-state index in [2.05, 4.69) is 15.6 Å². The summed E-state index contributed by atoms with van der Waals surface area (Å²) in [5, 5.41) is 10.9. The summed E-state index contributed by atoms with van der Waals surface area (Å²) in [6, 6.07) is 3.11. The van der Waals surface area contributed by atoms with Crippen molar-refractivity contribution in [2.75, 3.05) is 5.32 Å². The molecule has 126 valence electrons. The fourth-order valence-corrected chi connectivity index (χ4v) is 4.36. The molecule has 2 aromatic rings. The number of sulfonamides is 1. The number of aromatic nitrogens is 1. The molecule has 3 rings (SSSR count). The maximum atomic E-state index is 11.9. The van der Waals surface area contributed by atoms with Crippen molar-refractivity contribution in [2.24, 2.45) is 5.14 Å². The number of hydrogen-bond donors (Lipinski definition) is 3. The SMILES string of the molecule is CC(=O)Nc1nc(C)c(-c2cc3c(c(S(N)(=O)=O)c2)C(=O)NC3)s1. The van der Waals surface area contributed by atoms with E-state index in [0.29, 0.717) is 26.8 Å². The van der Waals surface area contributed by atoms with Crippen LogP contribution in [0.15, 0.2) is 17.0 Å². The van der Waals surface area contributed by atoms with Gasteiger partial charge in [0.25, 0.3) is 5.91 Å². The van der Waals surface area contributed by atoms with E-state index in [1.165, 1.54) is 24.3 Å². The van der Waals surface area contributed by atoms with Gasteiger partial charge in [-0.3, -0.25) is 9.59 Å². The normalized spacial score (nSPS) is 13.5. The van der Waals surface area contributed by atoms with Gasteiger partial charge in [0, 0.05) is 13.5 Å². The zero-order valence-electron chi connectivity index (χ0n) is 12.8. The third-order valence-electron chi connectivity index (χ3n) is 3.50. The number of primary sulfonamides is 1. The summed E-state index contributed by atoms with van der Waals surface area (Å²) in [6.07, 6.45) is 0. The van der Waals surface area contributed by atoms with Crippen LogP contribution in [0.3, 0.4) is 0 Å². The number of aryl methyl sites for hydroxylation is 1. The minimum absolute atomic E-state index is 0.0884. The van der Waals surface area contributed by atoms with Crippen LogP contribution in [-0.4, -0.2) is 25.2 Å². The molecule has 1 aliphatic rings. The Morgan fingerprint density at radius 3 is 2.75 bits per heavy atom. The first-order chi connectivity index (χ1) is 11.2. The third kappa shape index (κ3) is 2.90. The second-order valence-corrected chi connectivity index (χ2v) is 7.88. The number of nitrogens with one attached hydrogen (secondary N) is 2. The van der Waals surface area contributed by atoms with Crippen molar-refractivity contribution in [1.29, 1.82) is 0 Å². The summed E-state index contributed by atoms with van der Waals surface area (Å²) in [7, 11) is -4.06. The maximum Gasteiger partial charge on any atom is 0.253 e. The topological polar surface area (TPSA) is 131 Å². The van der Waals surface area contributed by atoms with Gasteiger partial charge in [-0.1, -0.05) is 11.3 Å². The molecule has 0 radical (unpaired) electrons. The van der Waals surface area contributed by atoms with Crippen molar-refractivity contribution >= 4 is 38.3 Å². The number of benzene rings is 1. The van der Waals surface area contributed by atoms with E-state index in [1.54, 1.807) is 13.0 Å². The molecule has 0 aliphatic carbocycles. The fraction of sp³-hybridized carbons (Fsp3) is 0.214. The zero-order chi connectivity index (χ0) is 17.6. The van der Waals surface area contributed by atoms with E-state index in [9.17, 15) is 18.0 Å². The van der Waals surface area contributed by atoms with Gasteiger partial charge >= 0.3 is 0 Å². The molecule has 24 heavy (non-hydrogen) atoms. The predicted molar refractivity (Wildman–Crippen MR) is 89.1 cm³/mol. The molecular formula is C14H14N4O4S2. The Bertz CT molecular complexity index is 979. The smallest absolute Gasteiger partial charge is 0.253 e. The van der Waals surface area contributed by atoms with Crippen molar-refractivity contribution in [3.8, 4) is 10.4 Å². The summed E-state index contributed by atoms with van der Waals surface area (Å²) in [4.78, 5) is 27.8. The van der Waals surface area contributed by atoms with Crippen LogP contribution in [0, 0.1) is 6.92 Å². The van der Waals surface area contributed by atoms with Crippen LogP contribution in [0.4, 0.5) is 5.13 Å². The Morgan fingerprint density at radius 2 is 2.12 bits per heavy atom. The second-order valence-electron chi connectivity index (χ2n) is 5.35. The molecule has 0 saturated heterocycles. The first kappa shape index (κ1) is 16.6. The van der Waals surface area contributed by atoms with Gasteiger partial charge in [0.2, 0.25) is 15.9 Å². The van der Waals surface area contributed by atoms with Gasteiger partial charge in [-0.05, 0) is 30.2 Å². The highest BCUT2D eigenvalue weighted by Gasteiger charge is 2.29. The van der Waals surface area contributed by atoms with Gasteiger partial charge in [-0.2, -0.15) is 0 Å². The van der Waals surface area contributed by atoms with Crippen molar-refractivity contribution in [3.63, 3.8) is 0 Å². The Hall–Kier alpha value is -2.30. The number of rotatable bonds is 3. The number of nitrogens with two attached hydrogens (primary N) is 1. The van der Waals surface area contributed by atoms with Crippen LogP contribution in [0.2, 0.25) is 0 Å². The Kier molecular flexibility index (Phi) is 3.90. The molecule has 1 aromatic heterocycles. The van der Waals surface area contributed by atoms with Crippen molar-refractivity contribution in [3.05, 3.63) is 29.0 Å². The molecule has 10 heteroatoms. The van der Waals surface area contributed by atoms with Crippen LogP contribution in [0.25, 0.3) is 10.4 Å². The molecule has 4 N–H and O–H groups in total. The van der Waals surface area contributed by atoms with Crippen molar-refractivity contribution < 1.29 is 18.0 Å². The molecule has 0 spiro atoms. The average Bonchev–Trinajstić information content (AvgIpc) is 3.00. The summed E-state index contributed by atoms with van der Waals surface area (Å²) in [6.45, 7) is 3.37. The van der Waals surface area contributed by atoms with E-state index < -0.39 is 15.9 Å². The standard InChI is InChI=1S/C14H14N4O4S2/c1-6-12(23-14(17-6)18-7(2)19)8-3-9-5-16-13(20)11(9)10(4-8)24(15,21)22/h3-4H,5H2,1-2H3,(H,16,20)(H2,15,21,22)(H,17,18,19). The summed E-state index contributed by atoms with van der Waals surface area (Å²) < 4.78 is 23.8. The van der Waals surface area contributed by atoms with Crippen LogP contribution in [0.5, 0.6) is 0 Å². The lowest BCUT2D eigenvalue weighted by Gasteiger charge is -2.08. The van der Waals surface area contributed by atoms with Crippen LogP contribution in [0.1, 0.15) is 28.5 Å². The summed E-state index contributed by atoms with van der Waals surface area (Å²) in [5.74, 6) is -0.704. The lowest BCUT2D eigenvalue weighted by Crippen LogP contribution is -2.19. The van der Waals surface area contributed by atoms with Crippen LogP contribution >= 0.6 is 11.3 Å². The average molecular weight is 366 g/mol. The quantitative estimate of drug-likeness (QED) is 0.745. The molecule has 1 aliphatic heterocycles. The van der Waals surface area contributed by atoms with Gasteiger partial charge in [0.15, 0.2) is 5.13 Å². The van der Waals surface area contributed by atoms with Gasteiger partial charge < -0.3 is 10.6 Å². The monoisotopic (exact) mass is 366 g/mol. The van der Waals surface area contributed by atoms with E-state index in [0.717, 1.165) is 0 Å². The maximum absolute atomic E-state index is 11.9. The number of fused-ring (bicyclic) bond motifs is 1. The highest BCUT2D eigenvalue weighted by Crippen LogP contribution is 2.36. The molecule has 8 nitrogen and oxygen atoms in total. The van der Waals surface area contributed by atoms with E-state index in [-0.39, 0.29) is 22.9 Å². The van der Waals surface area contributed by atoms with Gasteiger partial charge in [0.1, 0.15) is 0 Å². The zero-order valence-corrected chi connectivity index (χ0v) is 14.5. The largest absolute Gasteiger partial charge is 0.348 e. The molecule has 2 amide bonds. The van der Waals surface area contributed by atoms with Crippen molar-refractivity contribution in [1.82, 2.24) is 10.3 Å². The Balaban J connectivity index is 2.19. The fourth-order valence-electron chi connectivity index (χ4n) is 2.56. The Morgan fingerprint density at radius 1 is 1.42 bits per heavy atom. The molecular weight excluding hydrogens is 352 g/mol.